The summed E-state index contributed by atoms with van der Waals surface area (Å²) in [6.45, 7) is 3.88. The first-order valence-electron chi connectivity index (χ1n) is 7.75. The minimum Gasteiger partial charge on any atom is -0.149 e. The fourth-order valence-electron chi connectivity index (χ4n) is 2.35. The Bertz CT molecular complexity index is 251. The van der Waals surface area contributed by atoms with Crippen molar-refractivity contribution in [2.45, 2.75) is 77.0 Å². The van der Waals surface area contributed by atoms with Crippen molar-refractivity contribution in [2.75, 3.05) is 0 Å². The molecule has 18 heavy (non-hydrogen) atoms. The molecule has 1 radical (unpaired) electrons. The van der Waals surface area contributed by atoms with Gasteiger partial charge in [0.25, 0.3) is 0 Å². The maximum Gasteiger partial charge on any atom is 0.00452 e. The Hall–Kier alpha value is -0.300. The van der Waals surface area contributed by atoms with Crippen LogP contribution < -0.4 is 0 Å². The number of aryl methyl sites for hydroxylation is 1. The highest BCUT2D eigenvalue weighted by Crippen LogP contribution is 2.15. The van der Waals surface area contributed by atoms with Gasteiger partial charge in [-0.2, -0.15) is 0 Å². The molecule has 1 heterocycles. The van der Waals surface area contributed by atoms with Gasteiger partial charge in [0, 0.05) is 4.88 Å². The second kappa shape index (κ2) is 11.8. The molecule has 1 aromatic rings. The molecule has 0 bridgehead atoms. The van der Waals surface area contributed by atoms with Crippen LogP contribution in [0.3, 0.4) is 0 Å². The molecule has 0 unspecified atom stereocenters. The van der Waals surface area contributed by atoms with Gasteiger partial charge in [0.05, 0.1) is 0 Å². The third-order valence-electron chi connectivity index (χ3n) is 3.50. The first kappa shape index (κ1) is 15.8. The Balaban J connectivity index is 1.73. The lowest BCUT2D eigenvalue weighted by Gasteiger charge is -2.02. The Morgan fingerprint density at radius 1 is 0.778 bits per heavy atom. The van der Waals surface area contributed by atoms with Gasteiger partial charge in [0.15, 0.2) is 0 Å². The van der Waals surface area contributed by atoms with Gasteiger partial charge in [0.2, 0.25) is 0 Å². The van der Waals surface area contributed by atoms with Crippen molar-refractivity contribution in [3.63, 3.8) is 0 Å². The third kappa shape index (κ3) is 8.74. The monoisotopic (exact) mass is 265 g/mol. The van der Waals surface area contributed by atoms with Crippen molar-refractivity contribution in [3.05, 3.63) is 29.3 Å². The van der Waals surface area contributed by atoms with Crippen LogP contribution in [0.15, 0.2) is 17.5 Å². The van der Waals surface area contributed by atoms with Crippen molar-refractivity contribution in [3.8, 4) is 0 Å². The molecule has 0 amide bonds. The molecule has 0 aliphatic heterocycles. The molecule has 0 saturated carbocycles. The predicted octanol–water partition coefficient (Wildman–Crippen LogP) is 6.42. The molecule has 0 N–H and O–H groups in total. The van der Waals surface area contributed by atoms with Gasteiger partial charge in [-0.3, -0.25) is 0 Å². The average molecular weight is 265 g/mol. The molecular weight excluding hydrogens is 236 g/mol. The maximum atomic E-state index is 3.88. The Kier molecular flexibility index (Phi) is 10.3. The van der Waals surface area contributed by atoms with Crippen LogP contribution in [-0.2, 0) is 6.42 Å². The highest BCUT2D eigenvalue weighted by molar-refractivity contribution is 7.09. The molecule has 0 aromatic carbocycles. The lowest BCUT2D eigenvalue weighted by Crippen LogP contribution is -1.84. The Labute approximate surface area is 118 Å². The van der Waals surface area contributed by atoms with E-state index in [4.69, 9.17) is 0 Å². The molecule has 0 atom stereocenters. The van der Waals surface area contributed by atoms with Crippen molar-refractivity contribution in [2.24, 2.45) is 0 Å². The molecule has 0 nitrogen and oxygen atoms in total. The molecule has 0 fully saturated rings. The smallest absolute Gasteiger partial charge is 0.00452 e. The predicted molar refractivity (Wildman–Crippen MR) is 84.2 cm³/mol. The van der Waals surface area contributed by atoms with E-state index in [9.17, 15) is 0 Å². The summed E-state index contributed by atoms with van der Waals surface area (Å²) in [7, 11) is 0. The minimum atomic E-state index is 1.12. The molecule has 0 aliphatic carbocycles. The minimum absolute atomic E-state index is 1.12. The van der Waals surface area contributed by atoms with Crippen LogP contribution in [0.1, 0.15) is 75.5 Å². The van der Waals surface area contributed by atoms with Gasteiger partial charge < -0.3 is 0 Å². The van der Waals surface area contributed by atoms with Crippen molar-refractivity contribution in [1.29, 1.82) is 0 Å². The van der Waals surface area contributed by atoms with E-state index in [0.717, 1.165) is 6.42 Å². The number of unbranched alkanes of at least 4 members (excludes halogenated alkanes) is 10. The summed E-state index contributed by atoms with van der Waals surface area (Å²) in [5.41, 5.74) is 0. The van der Waals surface area contributed by atoms with E-state index in [0.29, 0.717) is 0 Å². The lowest BCUT2D eigenvalue weighted by molar-refractivity contribution is 0.553. The molecule has 1 aromatic heterocycles. The summed E-state index contributed by atoms with van der Waals surface area (Å²) in [5.74, 6) is 0. The van der Waals surface area contributed by atoms with E-state index in [1.165, 1.54) is 70.6 Å². The fourth-order valence-corrected chi connectivity index (χ4v) is 3.10. The van der Waals surface area contributed by atoms with Crippen molar-refractivity contribution >= 4 is 11.3 Å². The molecule has 0 spiro atoms. The van der Waals surface area contributed by atoms with Crippen LogP contribution in [0, 0.1) is 6.92 Å². The summed E-state index contributed by atoms with van der Waals surface area (Å²) in [6.07, 6.45) is 16.6. The van der Waals surface area contributed by atoms with Crippen LogP contribution in [0.2, 0.25) is 0 Å². The number of hydrogen-bond acceptors (Lipinski definition) is 1. The summed E-state index contributed by atoms with van der Waals surface area (Å²) in [6, 6.07) is 4.42. The second-order valence-electron chi connectivity index (χ2n) is 5.22. The van der Waals surface area contributed by atoms with Crippen LogP contribution in [0.5, 0.6) is 0 Å². The number of hydrogen-bond donors (Lipinski definition) is 0. The van der Waals surface area contributed by atoms with E-state index < -0.39 is 0 Å². The van der Waals surface area contributed by atoms with E-state index in [2.05, 4.69) is 24.4 Å². The lowest BCUT2D eigenvalue weighted by atomic mass is 10.1. The quantitative estimate of drug-likeness (QED) is 0.383. The van der Waals surface area contributed by atoms with E-state index >= 15 is 0 Å². The van der Waals surface area contributed by atoms with Gasteiger partial charge in [-0.15, -0.1) is 11.3 Å². The summed E-state index contributed by atoms with van der Waals surface area (Å²) in [5, 5.41) is 2.18. The summed E-state index contributed by atoms with van der Waals surface area (Å²) in [4.78, 5) is 1.56. The molecule has 1 rings (SSSR count). The van der Waals surface area contributed by atoms with Crippen LogP contribution in [-0.4, -0.2) is 0 Å². The molecule has 0 aliphatic rings. The van der Waals surface area contributed by atoms with Gasteiger partial charge in [-0.05, 0) is 24.3 Å². The fraction of sp³-hybridized carbons (Fsp3) is 0.706. The van der Waals surface area contributed by atoms with Crippen molar-refractivity contribution in [1.82, 2.24) is 0 Å². The SMILES string of the molecule is [CH2]CCCCCCCCCCCCc1cccs1. The zero-order valence-electron chi connectivity index (χ0n) is 11.8. The standard InChI is InChI=1S/C17H29S/c1-2-3-4-5-6-7-8-9-10-11-12-14-17-15-13-16-18-17/h13,15-16H,1-12,14H2. The Morgan fingerprint density at radius 2 is 1.33 bits per heavy atom. The van der Waals surface area contributed by atoms with E-state index in [1.54, 1.807) is 4.88 Å². The summed E-state index contributed by atoms with van der Waals surface area (Å²) >= 11 is 1.90. The molecule has 1 heteroatoms. The Morgan fingerprint density at radius 3 is 1.83 bits per heavy atom. The largest absolute Gasteiger partial charge is 0.149 e. The van der Waals surface area contributed by atoms with E-state index in [1.807, 2.05) is 11.3 Å². The average Bonchev–Trinajstić information content (AvgIpc) is 2.89. The molecular formula is C17H29S. The van der Waals surface area contributed by atoms with Crippen molar-refractivity contribution < 1.29 is 0 Å². The van der Waals surface area contributed by atoms with Crippen LogP contribution >= 0.6 is 11.3 Å². The van der Waals surface area contributed by atoms with Gasteiger partial charge >= 0.3 is 0 Å². The van der Waals surface area contributed by atoms with Crippen LogP contribution in [0.4, 0.5) is 0 Å². The first-order valence-corrected chi connectivity index (χ1v) is 8.63. The zero-order chi connectivity index (χ0) is 12.9. The number of thiophene rings is 1. The molecule has 103 valence electrons. The summed E-state index contributed by atoms with van der Waals surface area (Å²) < 4.78 is 0. The number of rotatable bonds is 12. The van der Waals surface area contributed by atoms with Crippen LogP contribution in [0.25, 0.3) is 0 Å². The normalized spacial score (nSPS) is 10.9. The van der Waals surface area contributed by atoms with Gasteiger partial charge in [-0.25, -0.2) is 0 Å². The first-order chi connectivity index (χ1) is 8.93. The maximum absolute atomic E-state index is 3.88. The zero-order valence-corrected chi connectivity index (χ0v) is 12.6. The van der Waals surface area contributed by atoms with Gasteiger partial charge in [-0.1, -0.05) is 77.2 Å². The highest BCUT2D eigenvalue weighted by Gasteiger charge is 1.95. The topological polar surface area (TPSA) is 0 Å². The highest BCUT2D eigenvalue weighted by atomic mass is 32.1. The van der Waals surface area contributed by atoms with E-state index in [-0.39, 0.29) is 0 Å². The second-order valence-corrected chi connectivity index (χ2v) is 6.25. The third-order valence-corrected chi connectivity index (χ3v) is 4.44. The molecule has 0 saturated heterocycles. The van der Waals surface area contributed by atoms with Gasteiger partial charge in [0.1, 0.15) is 0 Å².